The fraction of sp³-hybridized carbons (Fsp3) is 0.400. The lowest BCUT2D eigenvalue weighted by molar-refractivity contribution is 0.191. The molecule has 1 aromatic carbocycles. The summed E-state index contributed by atoms with van der Waals surface area (Å²) < 4.78 is 2.05. The van der Waals surface area contributed by atoms with Crippen LogP contribution < -0.4 is 5.32 Å². The molecule has 2 heterocycles. The topological polar surface area (TPSA) is 92.9 Å². The van der Waals surface area contributed by atoms with Gasteiger partial charge in [0.2, 0.25) is 0 Å². The van der Waals surface area contributed by atoms with Gasteiger partial charge in [-0.15, -0.1) is 0 Å². The second-order valence-electron chi connectivity index (χ2n) is 7.15. The number of hydrogen-bond donors (Lipinski definition) is 2. The predicted octanol–water partition coefficient (Wildman–Crippen LogP) is 3.88. The van der Waals surface area contributed by atoms with Crippen LogP contribution in [-0.2, 0) is 0 Å². The van der Waals surface area contributed by atoms with Crippen LogP contribution >= 0.6 is 0 Å². The Balaban J connectivity index is 1.39. The summed E-state index contributed by atoms with van der Waals surface area (Å²) in [7, 11) is 0. The van der Waals surface area contributed by atoms with Gasteiger partial charge < -0.3 is 10.4 Å². The summed E-state index contributed by atoms with van der Waals surface area (Å²) >= 11 is 0. The van der Waals surface area contributed by atoms with Crippen LogP contribution in [-0.4, -0.2) is 37.5 Å². The molecule has 3 aromatic rings. The zero-order valence-electron chi connectivity index (χ0n) is 15.1. The van der Waals surface area contributed by atoms with Gasteiger partial charge in [0.15, 0.2) is 0 Å². The second-order valence-corrected chi connectivity index (χ2v) is 7.15. The molecule has 1 saturated carbocycles. The molecule has 2 aromatic heterocycles. The van der Waals surface area contributed by atoms with Gasteiger partial charge in [-0.05, 0) is 50.2 Å². The zero-order valence-corrected chi connectivity index (χ0v) is 15.1. The lowest BCUT2D eigenvalue weighted by Crippen LogP contribution is -2.26. The van der Waals surface area contributed by atoms with Crippen molar-refractivity contribution < 1.29 is 9.90 Å². The predicted molar refractivity (Wildman–Crippen MR) is 102 cm³/mol. The van der Waals surface area contributed by atoms with Gasteiger partial charge >= 0.3 is 6.09 Å². The van der Waals surface area contributed by atoms with E-state index in [-0.39, 0.29) is 0 Å². The molecule has 27 heavy (non-hydrogen) atoms. The number of benzene rings is 1. The van der Waals surface area contributed by atoms with Crippen molar-refractivity contribution in [2.75, 3.05) is 6.54 Å². The van der Waals surface area contributed by atoms with Gasteiger partial charge in [-0.1, -0.05) is 12.1 Å². The minimum atomic E-state index is -0.940. The zero-order chi connectivity index (χ0) is 18.6. The standard InChI is InChI=1S/C20H23N5O2/c26-20(27)21-10-9-14-5-7-16(8-6-14)25-13-15(11-23-25)19-12-22-17-3-1-2-4-18(17)24-19/h1-4,11-14,16,21H,5-10H2,(H,26,27). The third kappa shape index (κ3) is 4.07. The fourth-order valence-corrected chi connectivity index (χ4v) is 3.85. The Morgan fingerprint density at radius 3 is 2.70 bits per heavy atom. The monoisotopic (exact) mass is 365 g/mol. The SMILES string of the molecule is O=C(O)NCCC1CCC(n2cc(-c3cnc4ccccc4n3)cn2)CC1. The Morgan fingerprint density at radius 2 is 1.93 bits per heavy atom. The van der Waals surface area contributed by atoms with Crippen molar-refractivity contribution in [1.29, 1.82) is 0 Å². The van der Waals surface area contributed by atoms with Crippen molar-refractivity contribution in [3.8, 4) is 11.3 Å². The average molecular weight is 365 g/mol. The first-order valence-corrected chi connectivity index (χ1v) is 9.42. The molecule has 140 valence electrons. The Labute approximate surface area is 157 Å². The van der Waals surface area contributed by atoms with Crippen molar-refractivity contribution >= 4 is 17.1 Å². The Hall–Kier alpha value is -2.96. The molecule has 1 fully saturated rings. The molecule has 0 unspecified atom stereocenters. The molecule has 1 aliphatic rings. The Morgan fingerprint density at radius 1 is 1.15 bits per heavy atom. The van der Waals surface area contributed by atoms with Crippen LogP contribution in [0.5, 0.6) is 0 Å². The molecule has 1 aliphatic carbocycles. The van der Waals surface area contributed by atoms with Gasteiger partial charge in [0.05, 0.1) is 35.2 Å². The second kappa shape index (κ2) is 7.73. The van der Waals surface area contributed by atoms with Crippen LogP contribution in [0.4, 0.5) is 4.79 Å². The number of rotatable bonds is 5. The highest BCUT2D eigenvalue weighted by Gasteiger charge is 2.23. The molecule has 0 radical (unpaired) electrons. The van der Waals surface area contributed by atoms with E-state index in [1.807, 2.05) is 30.5 Å². The molecule has 0 aliphatic heterocycles. The number of carbonyl (C=O) groups is 1. The normalized spacial score (nSPS) is 19.9. The number of hydrogen-bond acceptors (Lipinski definition) is 4. The van der Waals surface area contributed by atoms with E-state index >= 15 is 0 Å². The van der Waals surface area contributed by atoms with E-state index < -0.39 is 6.09 Å². The van der Waals surface area contributed by atoms with Gasteiger partial charge in [0.25, 0.3) is 0 Å². The molecule has 1 amide bonds. The molecule has 0 saturated heterocycles. The highest BCUT2D eigenvalue weighted by Crippen LogP contribution is 2.34. The van der Waals surface area contributed by atoms with E-state index in [2.05, 4.69) is 26.3 Å². The van der Waals surface area contributed by atoms with Gasteiger partial charge in [0.1, 0.15) is 0 Å². The number of para-hydroxylation sites is 2. The number of fused-ring (bicyclic) bond motifs is 1. The maximum atomic E-state index is 10.5. The van der Waals surface area contributed by atoms with Crippen LogP contribution in [0.25, 0.3) is 22.3 Å². The summed E-state index contributed by atoms with van der Waals surface area (Å²) in [4.78, 5) is 19.7. The van der Waals surface area contributed by atoms with Crippen molar-refractivity contribution in [2.24, 2.45) is 5.92 Å². The molecule has 7 heteroatoms. The van der Waals surface area contributed by atoms with Crippen molar-refractivity contribution in [2.45, 2.75) is 38.1 Å². The third-order valence-electron chi connectivity index (χ3n) is 5.37. The summed E-state index contributed by atoms with van der Waals surface area (Å²) in [6.07, 6.45) is 10.1. The van der Waals surface area contributed by atoms with E-state index in [4.69, 9.17) is 10.1 Å². The maximum Gasteiger partial charge on any atom is 0.404 e. The van der Waals surface area contributed by atoms with E-state index in [0.717, 1.165) is 54.4 Å². The minimum absolute atomic E-state index is 0.399. The van der Waals surface area contributed by atoms with Crippen molar-refractivity contribution in [3.63, 3.8) is 0 Å². The third-order valence-corrected chi connectivity index (χ3v) is 5.37. The smallest absolute Gasteiger partial charge is 0.404 e. The average Bonchev–Trinajstić information content (AvgIpc) is 3.18. The molecule has 0 spiro atoms. The van der Waals surface area contributed by atoms with E-state index in [0.29, 0.717) is 18.5 Å². The Kier molecular flexibility index (Phi) is 5.00. The molecule has 7 nitrogen and oxygen atoms in total. The molecular formula is C20H23N5O2. The van der Waals surface area contributed by atoms with Crippen molar-refractivity contribution in [3.05, 3.63) is 42.9 Å². The largest absolute Gasteiger partial charge is 0.465 e. The minimum Gasteiger partial charge on any atom is -0.465 e. The number of aromatic nitrogens is 4. The summed E-state index contributed by atoms with van der Waals surface area (Å²) in [6.45, 7) is 0.539. The van der Waals surface area contributed by atoms with Gasteiger partial charge in [0, 0.05) is 18.3 Å². The van der Waals surface area contributed by atoms with E-state index in [1.54, 1.807) is 6.20 Å². The molecule has 2 N–H and O–H groups in total. The van der Waals surface area contributed by atoms with E-state index in [9.17, 15) is 4.79 Å². The lowest BCUT2D eigenvalue weighted by atomic mass is 9.84. The first kappa shape index (κ1) is 17.5. The van der Waals surface area contributed by atoms with Gasteiger partial charge in [-0.25, -0.2) is 9.78 Å². The summed E-state index contributed by atoms with van der Waals surface area (Å²) in [5, 5.41) is 15.7. The van der Waals surface area contributed by atoms with Crippen LogP contribution in [0.3, 0.4) is 0 Å². The van der Waals surface area contributed by atoms with Crippen LogP contribution in [0.15, 0.2) is 42.9 Å². The summed E-state index contributed by atoms with van der Waals surface area (Å²) in [6, 6.07) is 8.25. The maximum absolute atomic E-state index is 10.5. The van der Waals surface area contributed by atoms with Crippen LogP contribution in [0, 0.1) is 5.92 Å². The quantitative estimate of drug-likeness (QED) is 0.716. The van der Waals surface area contributed by atoms with Crippen molar-refractivity contribution in [1.82, 2.24) is 25.1 Å². The highest BCUT2D eigenvalue weighted by atomic mass is 16.4. The molecular weight excluding hydrogens is 342 g/mol. The molecule has 4 rings (SSSR count). The fourth-order valence-electron chi connectivity index (χ4n) is 3.85. The van der Waals surface area contributed by atoms with E-state index in [1.165, 1.54) is 0 Å². The lowest BCUT2D eigenvalue weighted by Gasteiger charge is -2.28. The van der Waals surface area contributed by atoms with Gasteiger partial charge in [-0.3, -0.25) is 9.67 Å². The van der Waals surface area contributed by atoms with Gasteiger partial charge in [-0.2, -0.15) is 5.10 Å². The van der Waals surface area contributed by atoms with Crippen LogP contribution in [0.1, 0.15) is 38.1 Å². The first-order valence-electron chi connectivity index (χ1n) is 9.42. The first-order chi connectivity index (χ1) is 13.2. The Bertz CT molecular complexity index is 931. The van der Waals surface area contributed by atoms with Crippen LogP contribution in [0.2, 0.25) is 0 Å². The number of amides is 1. The summed E-state index contributed by atoms with van der Waals surface area (Å²) in [5.74, 6) is 0.592. The number of carboxylic acid groups (broad SMARTS) is 1. The highest BCUT2D eigenvalue weighted by molar-refractivity contribution is 5.76. The molecule has 0 atom stereocenters. The molecule has 0 bridgehead atoms. The summed E-state index contributed by atoms with van der Waals surface area (Å²) in [5.41, 5.74) is 3.61. The number of nitrogens with zero attached hydrogens (tertiary/aromatic N) is 4. The number of nitrogens with one attached hydrogen (secondary N) is 1.